The van der Waals surface area contributed by atoms with Crippen LogP contribution in [0.3, 0.4) is 0 Å². The molecule has 0 amide bonds. The van der Waals surface area contributed by atoms with Gasteiger partial charge in [0.15, 0.2) is 5.96 Å². The van der Waals surface area contributed by atoms with Gasteiger partial charge in [-0.1, -0.05) is 28.1 Å². The average Bonchev–Trinajstić information content (AvgIpc) is 3.35. The molecule has 0 unspecified atom stereocenters. The average molecular weight is 382 g/mol. The molecule has 5 heteroatoms. The Balaban J connectivity index is 1.73. The van der Waals surface area contributed by atoms with Crippen LogP contribution in [0.1, 0.15) is 37.7 Å². The van der Waals surface area contributed by atoms with Gasteiger partial charge in [-0.05, 0) is 49.8 Å². The first-order chi connectivity index (χ1) is 11.2. The molecule has 1 aliphatic carbocycles. The minimum absolute atomic E-state index is 0.278. The lowest BCUT2D eigenvalue weighted by Gasteiger charge is -2.19. The molecule has 1 fully saturated rings. The van der Waals surface area contributed by atoms with Gasteiger partial charge in [-0.2, -0.15) is 0 Å². The number of nitrogens with zero attached hydrogens (tertiary/aromatic N) is 1. The summed E-state index contributed by atoms with van der Waals surface area (Å²) < 4.78 is 6.22. The van der Waals surface area contributed by atoms with E-state index in [0.29, 0.717) is 0 Å². The van der Waals surface area contributed by atoms with Crippen LogP contribution >= 0.6 is 15.9 Å². The second-order valence-electron chi connectivity index (χ2n) is 6.20. The van der Waals surface area contributed by atoms with E-state index >= 15 is 0 Å². The van der Waals surface area contributed by atoms with Crippen molar-refractivity contribution >= 4 is 21.9 Å². The Bertz CT molecular complexity index is 515. The monoisotopic (exact) mass is 381 g/mol. The van der Waals surface area contributed by atoms with E-state index in [2.05, 4.69) is 55.8 Å². The molecule has 0 atom stereocenters. The number of rotatable bonds is 9. The Kier molecular flexibility index (Phi) is 7.37. The van der Waals surface area contributed by atoms with Crippen LogP contribution in [0, 0.1) is 0 Å². The Hall–Kier alpha value is -1.07. The van der Waals surface area contributed by atoms with Crippen LogP contribution < -0.4 is 10.6 Å². The third-order valence-electron chi connectivity index (χ3n) is 4.43. The third-order valence-corrected chi connectivity index (χ3v) is 4.92. The summed E-state index contributed by atoms with van der Waals surface area (Å²) >= 11 is 3.57. The van der Waals surface area contributed by atoms with Crippen molar-refractivity contribution in [1.29, 1.82) is 0 Å². The zero-order valence-electron chi connectivity index (χ0n) is 14.2. The molecule has 0 radical (unpaired) electrons. The number of guanidine groups is 1. The fraction of sp³-hybridized carbons (Fsp3) is 0.611. The maximum atomic E-state index is 5.06. The second-order valence-corrected chi connectivity index (χ2v) is 7.11. The van der Waals surface area contributed by atoms with Crippen molar-refractivity contribution in [2.24, 2.45) is 4.99 Å². The molecule has 1 saturated carbocycles. The lowest BCUT2D eigenvalue weighted by molar-refractivity contribution is 0.192. The number of hydrogen-bond acceptors (Lipinski definition) is 2. The molecule has 0 spiro atoms. The van der Waals surface area contributed by atoms with Gasteiger partial charge in [0.25, 0.3) is 0 Å². The lowest BCUT2D eigenvalue weighted by atomic mass is 9.96. The summed E-state index contributed by atoms with van der Waals surface area (Å²) in [5, 5.41) is 6.89. The highest BCUT2D eigenvalue weighted by molar-refractivity contribution is 9.10. The van der Waals surface area contributed by atoms with E-state index in [9.17, 15) is 0 Å². The molecule has 0 aromatic heterocycles. The molecule has 128 valence electrons. The van der Waals surface area contributed by atoms with Crippen LogP contribution in [0.4, 0.5) is 0 Å². The molecular weight excluding hydrogens is 354 g/mol. The smallest absolute Gasteiger partial charge is 0.191 e. The van der Waals surface area contributed by atoms with Crippen LogP contribution in [0.2, 0.25) is 0 Å². The molecule has 1 aromatic carbocycles. The highest BCUT2D eigenvalue weighted by Gasteiger charge is 2.44. The number of ether oxygens (including phenoxy) is 1. The van der Waals surface area contributed by atoms with Crippen molar-refractivity contribution in [2.75, 3.05) is 33.9 Å². The van der Waals surface area contributed by atoms with Crippen molar-refractivity contribution in [2.45, 2.75) is 37.5 Å². The number of hydrogen-bond donors (Lipinski definition) is 2. The topological polar surface area (TPSA) is 45.7 Å². The molecular formula is C18H28BrN3O. The van der Waals surface area contributed by atoms with Crippen molar-refractivity contribution in [1.82, 2.24) is 10.6 Å². The molecule has 0 bridgehead atoms. The maximum absolute atomic E-state index is 5.06. The zero-order valence-corrected chi connectivity index (χ0v) is 15.8. The van der Waals surface area contributed by atoms with Gasteiger partial charge >= 0.3 is 0 Å². The van der Waals surface area contributed by atoms with Crippen LogP contribution in [-0.2, 0) is 10.2 Å². The number of benzene rings is 1. The molecule has 1 aromatic rings. The quantitative estimate of drug-likeness (QED) is 0.391. The van der Waals surface area contributed by atoms with Crippen molar-refractivity contribution < 1.29 is 4.74 Å². The minimum atomic E-state index is 0.278. The molecule has 23 heavy (non-hydrogen) atoms. The number of halogens is 1. The highest BCUT2D eigenvalue weighted by atomic mass is 79.9. The van der Waals surface area contributed by atoms with E-state index in [-0.39, 0.29) is 5.41 Å². The lowest BCUT2D eigenvalue weighted by Crippen LogP contribution is -2.41. The third kappa shape index (κ3) is 5.81. The van der Waals surface area contributed by atoms with E-state index in [1.54, 1.807) is 7.11 Å². The zero-order chi connectivity index (χ0) is 16.5. The van der Waals surface area contributed by atoms with Crippen molar-refractivity contribution in [3.8, 4) is 0 Å². The van der Waals surface area contributed by atoms with Crippen LogP contribution in [0.15, 0.2) is 33.7 Å². The van der Waals surface area contributed by atoms with Gasteiger partial charge in [-0.15, -0.1) is 0 Å². The highest BCUT2D eigenvalue weighted by Crippen LogP contribution is 2.48. The SMILES string of the molecule is CN=C(NCCCCCOC)NCC1(c2cccc(Br)c2)CC1. The fourth-order valence-electron chi connectivity index (χ4n) is 2.77. The number of nitrogens with one attached hydrogen (secondary N) is 2. The Morgan fingerprint density at radius 3 is 2.74 bits per heavy atom. The second kappa shape index (κ2) is 9.28. The summed E-state index contributed by atoms with van der Waals surface area (Å²) in [5.74, 6) is 0.901. The molecule has 0 aliphatic heterocycles. The van der Waals surface area contributed by atoms with Crippen LogP contribution in [0.5, 0.6) is 0 Å². The molecule has 2 N–H and O–H groups in total. The standard InChI is InChI=1S/C18H28BrN3O/c1-20-17(21-11-4-3-5-12-23-2)22-14-18(9-10-18)15-7-6-8-16(19)13-15/h6-8,13H,3-5,9-12,14H2,1-2H3,(H2,20,21,22). The molecule has 1 aliphatic rings. The van der Waals surface area contributed by atoms with E-state index in [1.807, 2.05) is 7.05 Å². The van der Waals surface area contributed by atoms with Gasteiger partial charge in [-0.3, -0.25) is 4.99 Å². The fourth-order valence-corrected chi connectivity index (χ4v) is 3.16. The van der Waals surface area contributed by atoms with E-state index in [4.69, 9.17) is 4.74 Å². The largest absolute Gasteiger partial charge is 0.385 e. The minimum Gasteiger partial charge on any atom is -0.385 e. The first kappa shape index (κ1) is 18.3. The van der Waals surface area contributed by atoms with Gasteiger partial charge in [-0.25, -0.2) is 0 Å². The Morgan fingerprint density at radius 2 is 2.09 bits per heavy atom. The maximum Gasteiger partial charge on any atom is 0.191 e. The van der Waals surface area contributed by atoms with Crippen molar-refractivity contribution in [3.05, 3.63) is 34.3 Å². The predicted molar refractivity (Wildman–Crippen MR) is 100 cm³/mol. The first-order valence-corrected chi connectivity index (χ1v) is 9.19. The summed E-state index contributed by atoms with van der Waals surface area (Å²) in [7, 11) is 3.59. The number of methoxy groups -OCH3 is 1. The molecule has 0 heterocycles. The normalized spacial score (nSPS) is 16.2. The number of aliphatic imine (C=N–C) groups is 1. The summed E-state index contributed by atoms with van der Waals surface area (Å²) in [6, 6.07) is 8.66. The van der Waals surface area contributed by atoms with Gasteiger partial charge in [0.2, 0.25) is 0 Å². The Morgan fingerprint density at radius 1 is 1.26 bits per heavy atom. The van der Waals surface area contributed by atoms with Gasteiger partial charge in [0.05, 0.1) is 0 Å². The van der Waals surface area contributed by atoms with E-state index < -0.39 is 0 Å². The number of unbranched alkanes of at least 4 members (excludes halogenated alkanes) is 2. The predicted octanol–water partition coefficient (Wildman–Crippen LogP) is 3.46. The van der Waals surface area contributed by atoms with Gasteiger partial charge < -0.3 is 15.4 Å². The molecule has 0 saturated heterocycles. The summed E-state index contributed by atoms with van der Waals surface area (Å²) in [6.45, 7) is 2.74. The molecule has 4 nitrogen and oxygen atoms in total. The summed E-state index contributed by atoms with van der Waals surface area (Å²) in [6.07, 6.45) is 5.92. The van der Waals surface area contributed by atoms with Gasteiger partial charge in [0, 0.05) is 43.7 Å². The summed E-state index contributed by atoms with van der Waals surface area (Å²) in [5.41, 5.74) is 1.69. The Labute approximate surface area is 148 Å². The van der Waals surface area contributed by atoms with Crippen LogP contribution in [0.25, 0.3) is 0 Å². The van der Waals surface area contributed by atoms with E-state index in [1.165, 1.54) is 24.8 Å². The molecule has 2 rings (SSSR count). The van der Waals surface area contributed by atoms with Gasteiger partial charge in [0.1, 0.15) is 0 Å². The van der Waals surface area contributed by atoms with Crippen molar-refractivity contribution in [3.63, 3.8) is 0 Å². The van der Waals surface area contributed by atoms with Crippen LogP contribution in [-0.4, -0.2) is 39.8 Å². The summed E-state index contributed by atoms with van der Waals surface area (Å²) in [4.78, 5) is 4.32. The first-order valence-electron chi connectivity index (χ1n) is 8.40. The van der Waals surface area contributed by atoms with E-state index in [0.717, 1.165) is 43.0 Å².